The predicted molar refractivity (Wildman–Crippen MR) is 86.1 cm³/mol. The first-order valence-electron chi connectivity index (χ1n) is 5.97. The number of nitrogens with one attached hydrogen (secondary N) is 1. The highest BCUT2D eigenvalue weighted by Gasteiger charge is 2.15. The average Bonchev–Trinajstić information content (AvgIpc) is 2.41. The van der Waals surface area contributed by atoms with E-state index in [-0.39, 0.29) is 11.9 Å². The highest BCUT2D eigenvalue weighted by Crippen LogP contribution is 2.25. The van der Waals surface area contributed by atoms with Gasteiger partial charge < -0.3 is 5.32 Å². The number of hydrogen-bond acceptors (Lipinski definition) is 1. The molecule has 2 aromatic rings. The van der Waals surface area contributed by atoms with E-state index in [1.807, 2.05) is 19.2 Å². The molecule has 0 aromatic heterocycles. The van der Waals surface area contributed by atoms with Gasteiger partial charge in [-0.2, -0.15) is 0 Å². The first-order valence-corrected chi connectivity index (χ1v) is 7.43. The SMILES string of the molecule is CNC(Cc1cc(Cl)ccc1F)c1ccccc1I. The van der Waals surface area contributed by atoms with Crippen molar-refractivity contribution in [1.29, 1.82) is 0 Å². The number of benzene rings is 2. The maximum atomic E-state index is 13.8. The van der Waals surface area contributed by atoms with Crippen LogP contribution >= 0.6 is 34.2 Å². The van der Waals surface area contributed by atoms with E-state index in [4.69, 9.17) is 11.6 Å². The van der Waals surface area contributed by atoms with E-state index in [0.717, 1.165) is 0 Å². The minimum absolute atomic E-state index is 0.0704. The normalized spacial score (nSPS) is 12.4. The van der Waals surface area contributed by atoms with Crippen molar-refractivity contribution in [3.05, 3.63) is 68.0 Å². The molecular weight excluding hydrogens is 376 g/mol. The zero-order valence-electron chi connectivity index (χ0n) is 10.5. The number of likely N-dealkylation sites (N-methyl/N-ethyl adjacent to an activating group) is 1. The summed E-state index contributed by atoms with van der Waals surface area (Å²) in [6.07, 6.45) is 0.572. The van der Waals surface area contributed by atoms with Crippen LogP contribution in [-0.4, -0.2) is 7.05 Å². The highest BCUT2D eigenvalue weighted by atomic mass is 127. The van der Waals surface area contributed by atoms with E-state index < -0.39 is 0 Å². The van der Waals surface area contributed by atoms with Gasteiger partial charge in [0.2, 0.25) is 0 Å². The van der Waals surface area contributed by atoms with Gasteiger partial charge in [-0.3, -0.25) is 0 Å². The molecule has 0 radical (unpaired) electrons. The summed E-state index contributed by atoms with van der Waals surface area (Å²) >= 11 is 8.23. The third-order valence-corrected chi connectivity index (χ3v) is 4.28. The van der Waals surface area contributed by atoms with E-state index in [1.54, 1.807) is 12.1 Å². The Balaban J connectivity index is 2.29. The van der Waals surface area contributed by atoms with Crippen LogP contribution in [0.1, 0.15) is 17.2 Å². The Morgan fingerprint density at radius 1 is 1.26 bits per heavy atom. The fourth-order valence-electron chi connectivity index (χ4n) is 2.04. The maximum absolute atomic E-state index is 13.8. The maximum Gasteiger partial charge on any atom is 0.126 e. The molecule has 100 valence electrons. The van der Waals surface area contributed by atoms with Crippen LogP contribution < -0.4 is 5.32 Å². The first kappa shape index (κ1) is 14.8. The zero-order valence-corrected chi connectivity index (χ0v) is 13.4. The van der Waals surface area contributed by atoms with Crippen molar-refractivity contribution in [2.24, 2.45) is 0 Å². The molecule has 1 nitrogen and oxygen atoms in total. The molecule has 0 spiro atoms. The summed E-state index contributed by atoms with van der Waals surface area (Å²) in [5.41, 5.74) is 1.80. The molecule has 0 heterocycles. The highest BCUT2D eigenvalue weighted by molar-refractivity contribution is 14.1. The van der Waals surface area contributed by atoms with Crippen molar-refractivity contribution in [2.75, 3.05) is 7.05 Å². The van der Waals surface area contributed by atoms with Gasteiger partial charge in [0.15, 0.2) is 0 Å². The molecule has 0 aliphatic rings. The van der Waals surface area contributed by atoms with E-state index in [2.05, 4.69) is 40.0 Å². The van der Waals surface area contributed by atoms with Gasteiger partial charge in [-0.05, 0) is 71.5 Å². The smallest absolute Gasteiger partial charge is 0.126 e. The molecule has 2 rings (SSSR count). The summed E-state index contributed by atoms with van der Waals surface area (Å²) in [7, 11) is 1.89. The Bertz CT molecular complexity index is 574. The number of halogens is 3. The average molecular weight is 390 g/mol. The summed E-state index contributed by atoms with van der Waals surface area (Å²) in [6.45, 7) is 0. The predicted octanol–water partition coefficient (Wildman–Crippen LogP) is 4.59. The van der Waals surface area contributed by atoms with Crippen molar-refractivity contribution in [1.82, 2.24) is 5.32 Å². The Labute approximate surface area is 131 Å². The zero-order chi connectivity index (χ0) is 13.8. The Kier molecular flexibility index (Phi) is 5.19. The minimum atomic E-state index is -0.212. The van der Waals surface area contributed by atoms with Crippen LogP contribution in [0.4, 0.5) is 4.39 Å². The number of hydrogen-bond donors (Lipinski definition) is 1. The molecule has 2 aromatic carbocycles. The second-order valence-electron chi connectivity index (χ2n) is 4.30. The monoisotopic (exact) mass is 389 g/mol. The summed E-state index contributed by atoms with van der Waals surface area (Å²) in [4.78, 5) is 0. The molecule has 0 aliphatic carbocycles. The van der Waals surface area contributed by atoms with Crippen LogP contribution in [0.5, 0.6) is 0 Å². The molecule has 1 atom stereocenters. The van der Waals surface area contributed by atoms with Gasteiger partial charge in [-0.15, -0.1) is 0 Å². The third-order valence-electron chi connectivity index (χ3n) is 3.06. The Hall–Kier alpha value is -0.650. The first-order chi connectivity index (χ1) is 9.11. The van der Waals surface area contributed by atoms with Gasteiger partial charge >= 0.3 is 0 Å². The lowest BCUT2D eigenvalue weighted by atomic mass is 9.99. The lowest BCUT2D eigenvalue weighted by Gasteiger charge is -2.18. The van der Waals surface area contributed by atoms with Gasteiger partial charge in [0.1, 0.15) is 5.82 Å². The van der Waals surface area contributed by atoms with Crippen molar-refractivity contribution in [3.8, 4) is 0 Å². The van der Waals surface area contributed by atoms with Gasteiger partial charge in [0.05, 0.1) is 0 Å². The molecule has 1 unspecified atom stereocenters. The van der Waals surface area contributed by atoms with Crippen LogP contribution in [0.25, 0.3) is 0 Å². The van der Waals surface area contributed by atoms with E-state index in [9.17, 15) is 4.39 Å². The molecule has 0 amide bonds. The lowest BCUT2D eigenvalue weighted by Crippen LogP contribution is -2.20. The molecule has 4 heteroatoms. The third kappa shape index (κ3) is 3.68. The molecule has 19 heavy (non-hydrogen) atoms. The fourth-order valence-corrected chi connectivity index (χ4v) is 3.00. The van der Waals surface area contributed by atoms with Gasteiger partial charge in [-0.1, -0.05) is 29.8 Å². The minimum Gasteiger partial charge on any atom is -0.313 e. The Morgan fingerprint density at radius 2 is 2.00 bits per heavy atom. The fraction of sp³-hybridized carbons (Fsp3) is 0.200. The van der Waals surface area contributed by atoms with Crippen molar-refractivity contribution in [3.63, 3.8) is 0 Å². The molecule has 0 saturated heterocycles. The second kappa shape index (κ2) is 6.68. The van der Waals surface area contributed by atoms with E-state index in [0.29, 0.717) is 17.0 Å². The van der Waals surface area contributed by atoms with Crippen LogP contribution in [0.3, 0.4) is 0 Å². The molecule has 0 saturated carbocycles. The summed E-state index contributed by atoms with van der Waals surface area (Å²) in [6, 6.07) is 12.9. The van der Waals surface area contributed by atoms with Gasteiger partial charge in [-0.25, -0.2) is 4.39 Å². The van der Waals surface area contributed by atoms with Crippen molar-refractivity contribution >= 4 is 34.2 Å². The molecule has 0 fully saturated rings. The van der Waals surface area contributed by atoms with Gasteiger partial charge in [0.25, 0.3) is 0 Å². The Morgan fingerprint density at radius 3 is 2.68 bits per heavy atom. The van der Waals surface area contributed by atoms with Crippen LogP contribution in [-0.2, 0) is 6.42 Å². The van der Waals surface area contributed by atoms with Crippen LogP contribution in [0.15, 0.2) is 42.5 Å². The lowest BCUT2D eigenvalue weighted by molar-refractivity contribution is 0.553. The van der Waals surface area contributed by atoms with Crippen LogP contribution in [0, 0.1) is 9.39 Å². The van der Waals surface area contributed by atoms with Gasteiger partial charge in [0, 0.05) is 14.6 Å². The standard InChI is InChI=1S/C15H14ClFIN/c1-19-15(12-4-2-3-5-14(12)18)9-10-8-11(16)6-7-13(10)17/h2-8,15,19H,9H2,1H3. The number of rotatable bonds is 4. The molecule has 0 aliphatic heterocycles. The summed E-state index contributed by atoms with van der Waals surface area (Å²) < 4.78 is 15.0. The summed E-state index contributed by atoms with van der Waals surface area (Å²) in [5.74, 6) is -0.212. The largest absolute Gasteiger partial charge is 0.313 e. The van der Waals surface area contributed by atoms with Crippen LogP contribution in [0.2, 0.25) is 5.02 Å². The molecule has 1 N–H and O–H groups in total. The van der Waals surface area contributed by atoms with Crippen molar-refractivity contribution in [2.45, 2.75) is 12.5 Å². The molecular formula is C15H14ClFIN. The van der Waals surface area contributed by atoms with E-state index >= 15 is 0 Å². The van der Waals surface area contributed by atoms with Crippen molar-refractivity contribution < 1.29 is 4.39 Å². The second-order valence-corrected chi connectivity index (χ2v) is 5.90. The quantitative estimate of drug-likeness (QED) is 0.754. The summed E-state index contributed by atoms with van der Waals surface area (Å²) in [5, 5.41) is 3.80. The molecule has 0 bridgehead atoms. The topological polar surface area (TPSA) is 12.0 Å². The van der Waals surface area contributed by atoms with E-state index in [1.165, 1.54) is 15.2 Å².